The Labute approximate surface area is 157 Å². The van der Waals surface area contributed by atoms with E-state index in [4.69, 9.17) is 5.73 Å². The van der Waals surface area contributed by atoms with Crippen molar-refractivity contribution in [2.75, 3.05) is 10.6 Å². The van der Waals surface area contributed by atoms with E-state index in [1.54, 1.807) is 18.3 Å². The summed E-state index contributed by atoms with van der Waals surface area (Å²) in [5, 5.41) is 1.13. The van der Waals surface area contributed by atoms with Crippen molar-refractivity contribution in [1.29, 1.82) is 0 Å². The molecule has 1 heterocycles. The highest BCUT2D eigenvalue weighted by molar-refractivity contribution is 5.93. The number of anilines is 2. The van der Waals surface area contributed by atoms with Crippen molar-refractivity contribution in [3.8, 4) is 0 Å². The van der Waals surface area contributed by atoms with Gasteiger partial charge in [0, 0.05) is 25.0 Å². The lowest BCUT2D eigenvalue weighted by atomic mass is 10.1. The Hall–Kier alpha value is -3.40. The zero-order chi connectivity index (χ0) is 18.6. The van der Waals surface area contributed by atoms with Gasteiger partial charge in [-0.25, -0.2) is 9.37 Å². The molecule has 1 aromatic heterocycles. The number of aromatic nitrogens is 1. The van der Waals surface area contributed by atoms with Crippen molar-refractivity contribution in [3.05, 3.63) is 102 Å². The highest BCUT2D eigenvalue weighted by atomic mass is 19.1. The fourth-order valence-corrected chi connectivity index (χ4v) is 3.31. The standard InChI is InChI=1S/C23H20FN3/c24-21-14-20(13-19-11-12-26-23(25)22(19)21)27(15-17-7-3-1-4-8-17)16-18-9-5-2-6-10-18/h1-14H,15-16H2,(H2,25,26). The van der Waals surface area contributed by atoms with Crippen molar-refractivity contribution in [2.24, 2.45) is 0 Å². The van der Waals surface area contributed by atoms with Crippen molar-refractivity contribution in [3.63, 3.8) is 0 Å². The highest BCUT2D eigenvalue weighted by Crippen LogP contribution is 2.29. The molecule has 4 aromatic rings. The van der Waals surface area contributed by atoms with Crippen LogP contribution in [0.5, 0.6) is 0 Å². The molecule has 4 rings (SSSR count). The Morgan fingerprint density at radius 1 is 0.815 bits per heavy atom. The Morgan fingerprint density at radius 2 is 1.41 bits per heavy atom. The second kappa shape index (κ2) is 7.46. The normalized spacial score (nSPS) is 10.9. The lowest BCUT2D eigenvalue weighted by molar-refractivity contribution is 0.638. The Kier molecular flexibility index (Phi) is 4.71. The Balaban J connectivity index is 1.76. The number of hydrogen-bond donors (Lipinski definition) is 1. The number of nitrogens with two attached hydrogens (primary N) is 1. The van der Waals surface area contributed by atoms with Crippen LogP contribution in [0.4, 0.5) is 15.9 Å². The van der Waals surface area contributed by atoms with Crippen LogP contribution in [0.1, 0.15) is 11.1 Å². The summed E-state index contributed by atoms with van der Waals surface area (Å²) in [6.07, 6.45) is 1.61. The van der Waals surface area contributed by atoms with Crippen LogP contribution in [-0.2, 0) is 13.1 Å². The second-order valence-electron chi connectivity index (χ2n) is 6.55. The maximum Gasteiger partial charge on any atom is 0.136 e. The van der Waals surface area contributed by atoms with Gasteiger partial charge in [-0.2, -0.15) is 0 Å². The summed E-state index contributed by atoms with van der Waals surface area (Å²) in [6, 6.07) is 25.7. The maximum atomic E-state index is 14.8. The number of halogens is 1. The molecule has 0 aliphatic heterocycles. The highest BCUT2D eigenvalue weighted by Gasteiger charge is 2.14. The number of benzene rings is 3. The number of fused-ring (bicyclic) bond motifs is 1. The van der Waals surface area contributed by atoms with Crippen LogP contribution in [0.3, 0.4) is 0 Å². The van der Waals surface area contributed by atoms with Crippen LogP contribution in [0.2, 0.25) is 0 Å². The quantitative estimate of drug-likeness (QED) is 0.536. The van der Waals surface area contributed by atoms with Gasteiger partial charge in [0.2, 0.25) is 0 Å². The third-order valence-electron chi connectivity index (χ3n) is 4.63. The molecule has 0 amide bonds. The summed E-state index contributed by atoms with van der Waals surface area (Å²) < 4.78 is 14.8. The third-order valence-corrected chi connectivity index (χ3v) is 4.63. The molecule has 134 valence electrons. The van der Waals surface area contributed by atoms with Crippen LogP contribution in [-0.4, -0.2) is 4.98 Å². The summed E-state index contributed by atoms with van der Waals surface area (Å²) in [6.45, 7) is 1.36. The SMILES string of the molecule is Nc1nccc2cc(N(Cc3ccccc3)Cc3ccccc3)cc(F)c12. The molecule has 0 unspecified atom stereocenters. The van der Waals surface area contributed by atoms with E-state index in [2.05, 4.69) is 34.1 Å². The smallest absolute Gasteiger partial charge is 0.136 e. The van der Waals surface area contributed by atoms with E-state index in [0.29, 0.717) is 18.5 Å². The molecule has 0 bridgehead atoms. The summed E-state index contributed by atoms with van der Waals surface area (Å²) in [5.74, 6) is -0.131. The lowest BCUT2D eigenvalue weighted by Crippen LogP contribution is -2.22. The molecule has 0 radical (unpaired) electrons. The first-order valence-electron chi connectivity index (χ1n) is 8.87. The van der Waals surface area contributed by atoms with Gasteiger partial charge in [0.15, 0.2) is 0 Å². The number of rotatable bonds is 5. The second-order valence-corrected chi connectivity index (χ2v) is 6.55. The summed E-state index contributed by atoms with van der Waals surface area (Å²) >= 11 is 0. The lowest BCUT2D eigenvalue weighted by Gasteiger charge is -2.26. The largest absolute Gasteiger partial charge is 0.383 e. The molecule has 0 saturated carbocycles. The molecule has 4 heteroatoms. The van der Waals surface area contributed by atoms with Crippen LogP contribution < -0.4 is 10.6 Å². The molecule has 0 saturated heterocycles. The minimum Gasteiger partial charge on any atom is -0.383 e. The first-order chi connectivity index (χ1) is 13.2. The number of hydrogen-bond acceptors (Lipinski definition) is 3. The zero-order valence-corrected chi connectivity index (χ0v) is 14.8. The van der Waals surface area contributed by atoms with E-state index >= 15 is 0 Å². The molecule has 0 atom stereocenters. The molecular formula is C23H20FN3. The van der Waals surface area contributed by atoms with Gasteiger partial charge >= 0.3 is 0 Å². The Bertz CT molecular complexity index is 1010. The van der Waals surface area contributed by atoms with Gasteiger partial charge in [0.25, 0.3) is 0 Å². The van der Waals surface area contributed by atoms with E-state index in [1.807, 2.05) is 42.5 Å². The molecule has 3 aromatic carbocycles. The van der Waals surface area contributed by atoms with Gasteiger partial charge in [0.05, 0.1) is 5.39 Å². The minimum absolute atomic E-state index is 0.217. The predicted octanol–water partition coefficient (Wildman–Crippen LogP) is 5.16. The van der Waals surface area contributed by atoms with Gasteiger partial charge < -0.3 is 10.6 Å². The van der Waals surface area contributed by atoms with Crippen LogP contribution >= 0.6 is 0 Å². The average molecular weight is 357 g/mol. The fourth-order valence-electron chi connectivity index (χ4n) is 3.31. The minimum atomic E-state index is -0.348. The van der Waals surface area contributed by atoms with Crippen molar-refractivity contribution < 1.29 is 4.39 Å². The van der Waals surface area contributed by atoms with E-state index < -0.39 is 0 Å². The monoisotopic (exact) mass is 357 g/mol. The zero-order valence-electron chi connectivity index (χ0n) is 14.8. The first-order valence-corrected chi connectivity index (χ1v) is 8.87. The molecule has 0 aliphatic carbocycles. The van der Waals surface area contributed by atoms with Gasteiger partial charge in [-0.3, -0.25) is 0 Å². The van der Waals surface area contributed by atoms with Crippen LogP contribution in [0.25, 0.3) is 10.8 Å². The van der Waals surface area contributed by atoms with Crippen LogP contribution in [0, 0.1) is 5.82 Å². The van der Waals surface area contributed by atoms with Gasteiger partial charge in [-0.1, -0.05) is 60.7 Å². The average Bonchev–Trinajstić information content (AvgIpc) is 2.69. The third kappa shape index (κ3) is 3.75. The van der Waals surface area contributed by atoms with Crippen molar-refractivity contribution >= 4 is 22.3 Å². The number of pyridine rings is 1. The Morgan fingerprint density at radius 3 is 2.00 bits per heavy atom. The topological polar surface area (TPSA) is 42.1 Å². The molecule has 2 N–H and O–H groups in total. The summed E-state index contributed by atoms with van der Waals surface area (Å²) in [5.41, 5.74) is 9.02. The first kappa shape index (κ1) is 17.0. The van der Waals surface area contributed by atoms with Gasteiger partial charge in [-0.05, 0) is 34.7 Å². The molecule has 27 heavy (non-hydrogen) atoms. The molecule has 0 fully saturated rings. The molecular weight excluding hydrogens is 337 g/mol. The fraction of sp³-hybridized carbons (Fsp3) is 0.0870. The van der Waals surface area contributed by atoms with Crippen molar-refractivity contribution in [2.45, 2.75) is 13.1 Å². The van der Waals surface area contributed by atoms with E-state index in [0.717, 1.165) is 11.1 Å². The maximum absolute atomic E-state index is 14.8. The van der Waals surface area contributed by atoms with Gasteiger partial charge in [0.1, 0.15) is 11.6 Å². The van der Waals surface area contributed by atoms with Gasteiger partial charge in [-0.15, -0.1) is 0 Å². The summed E-state index contributed by atoms with van der Waals surface area (Å²) in [7, 11) is 0. The van der Waals surface area contributed by atoms with E-state index in [9.17, 15) is 4.39 Å². The number of nitrogen functional groups attached to an aromatic ring is 1. The molecule has 3 nitrogen and oxygen atoms in total. The van der Waals surface area contributed by atoms with E-state index in [-0.39, 0.29) is 11.6 Å². The van der Waals surface area contributed by atoms with Crippen LogP contribution in [0.15, 0.2) is 85.1 Å². The van der Waals surface area contributed by atoms with E-state index in [1.165, 1.54) is 11.1 Å². The predicted molar refractivity (Wildman–Crippen MR) is 109 cm³/mol. The molecule has 0 spiro atoms. The number of nitrogens with zero attached hydrogens (tertiary/aromatic N) is 2. The molecule has 0 aliphatic rings. The van der Waals surface area contributed by atoms with Crippen molar-refractivity contribution in [1.82, 2.24) is 4.98 Å². The summed E-state index contributed by atoms with van der Waals surface area (Å²) in [4.78, 5) is 6.17.